The van der Waals surface area contributed by atoms with Gasteiger partial charge in [0.05, 0.1) is 5.60 Å². The molecule has 0 bridgehead atoms. The van der Waals surface area contributed by atoms with Gasteiger partial charge in [-0.25, -0.2) is 0 Å². The Hall–Kier alpha value is -0.940. The molecule has 23 heavy (non-hydrogen) atoms. The van der Waals surface area contributed by atoms with E-state index in [0.717, 1.165) is 65.1 Å². The van der Waals surface area contributed by atoms with Crippen LogP contribution >= 0.6 is 0 Å². The normalized spacial score (nSPS) is 24.2. The summed E-state index contributed by atoms with van der Waals surface area (Å²) >= 11 is 0. The predicted octanol–water partition coefficient (Wildman–Crippen LogP) is 2.44. The van der Waals surface area contributed by atoms with E-state index in [-0.39, 0.29) is 5.60 Å². The molecule has 128 valence electrons. The van der Waals surface area contributed by atoms with Gasteiger partial charge in [-0.15, -0.1) is 0 Å². The van der Waals surface area contributed by atoms with Crippen molar-refractivity contribution in [2.75, 3.05) is 40.0 Å². The summed E-state index contributed by atoms with van der Waals surface area (Å²) in [6.45, 7) is 5.72. The molecule has 2 saturated heterocycles. The first-order valence-corrected chi connectivity index (χ1v) is 8.93. The Labute approximate surface area is 140 Å². The SMILES string of the molecule is CN(CCNC1CCOC2(CCOCC2)C1)Cc1ccccc1. The maximum Gasteiger partial charge on any atom is 0.0741 e. The third-order valence-electron chi connectivity index (χ3n) is 5.12. The summed E-state index contributed by atoms with van der Waals surface area (Å²) < 4.78 is 11.6. The highest BCUT2D eigenvalue weighted by Crippen LogP contribution is 2.34. The molecule has 0 amide bonds. The van der Waals surface area contributed by atoms with E-state index in [2.05, 4.69) is 47.6 Å². The monoisotopic (exact) mass is 318 g/mol. The van der Waals surface area contributed by atoms with E-state index < -0.39 is 0 Å². The summed E-state index contributed by atoms with van der Waals surface area (Å²) in [7, 11) is 2.19. The topological polar surface area (TPSA) is 33.7 Å². The molecule has 2 fully saturated rings. The van der Waals surface area contributed by atoms with E-state index in [1.165, 1.54) is 5.56 Å². The molecule has 0 saturated carbocycles. The van der Waals surface area contributed by atoms with Crippen LogP contribution in [0.5, 0.6) is 0 Å². The van der Waals surface area contributed by atoms with Gasteiger partial charge in [0.1, 0.15) is 0 Å². The van der Waals surface area contributed by atoms with Crippen molar-refractivity contribution >= 4 is 0 Å². The van der Waals surface area contributed by atoms with Gasteiger partial charge in [-0.1, -0.05) is 30.3 Å². The third-order valence-corrected chi connectivity index (χ3v) is 5.12. The Morgan fingerprint density at radius 2 is 1.96 bits per heavy atom. The van der Waals surface area contributed by atoms with Crippen LogP contribution in [-0.4, -0.2) is 56.5 Å². The standard InChI is InChI=1S/C19H30N2O2/c1-21(16-17-5-3-2-4-6-17)11-10-20-18-7-12-23-19(15-18)8-13-22-14-9-19/h2-6,18,20H,7-16H2,1H3. The molecule has 1 atom stereocenters. The molecule has 0 aromatic heterocycles. The average molecular weight is 318 g/mol. The molecule has 4 nitrogen and oxygen atoms in total. The quantitative estimate of drug-likeness (QED) is 0.873. The maximum atomic E-state index is 6.11. The highest BCUT2D eigenvalue weighted by molar-refractivity contribution is 5.14. The summed E-state index contributed by atoms with van der Waals surface area (Å²) in [6.07, 6.45) is 4.38. The van der Waals surface area contributed by atoms with Gasteiger partial charge in [0.25, 0.3) is 0 Å². The van der Waals surface area contributed by atoms with Gasteiger partial charge < -0.3 is 19.7 Å². The second-order valence-corrected chi connectivity index (χ2v) is 7.01. The van der Waals surface area contributed by atoms with Crippen molar-refractivity contribution in [1.29, 1.82) is 0 Å². The molecule has 1 spiro atoms. The van der Waals surface area contributed by atoms with Gasteiger partial charge in [0.2, 0.25) is 0 Å². The number of benzene rings is 1. The lowest BCUT2D eigenvalue weighted by molar-refractivity contribution is -0.140. The fourth-order valence-electron chi connectivity index (χ4n) is 3.73. The fraction of sp³-hybridized carbons (Fsp3) is 0.684. The van der Waals surface area contributed by atoms with Crippen LogP contribution in [-0.2, 0) is 16.0 Å². The number of likely N-dealkylation sites (N-methyl/N-ethyl adjacent to an activating group) is 1. The third kappa shape index (κ3) is 5.01. The van der Waals surface area contributed by atoms with Crippen molar-refractivity contribution in [3.63, 3.8) is 0 Å². The molecule has 0 radical (unpaired) electrons. The van der Waals surface area contributed by atoms with Crippen molar-refractivity contribution in [2.24, 2.45) is 0 Å². The molecular weight excluding hydrogens is 288 g/mol. The van der Waals surface area contributed by atoms with Crippen LogP contribution in [0.25, 0.3) is 0 Å². The van der Waals surface area contributed by atoms with Crippen LogP contribution in [0, 0.1) is 0 Å². The predicted molar refractivity (Wildman–Crippen MR) is 92.5 cm³/mol. The van der Waals surface area contributed by atoms with Gasteiger partial charge in [-0.05, 0) is 38.3 Å². The lowest BCUT2D eigenvalue weighted by Gasteiger charge is -2.43. The Kier molecular flexibility index (Phi) is 6.06. The molecule has 1 N–H and O–H groups in total. The van der Waals surface area contributed by atoms with Gasteiger partial charge in [0, 0.05) is 45.5 Å². The lowest BCUT2D eigenvalue weighted by Crippen LogP contribution is -2.50. The van der Waals surface area contributed by atoms with Crippen molar-refractivity contribution < 1.29 is 9.47 Å². The maximum absolute atomic E-state index is 6.11. The number of ether oxygens (including phenoxy) is 2. The van der Waals surface area contributed by atoms with E-state index in [1.807, 2.05) is 0 Å². The first kappa shape index (κ1) is 16.9. The molecule has 2 aliphatic rings. The molecule has 2 aliphatic heterocycles. The Morgan fingerprint density at radius 1 is 1.17 bits per heavy atom. The zero-order valence-electron chi connectivity index (χ0n) is 14.3. The van der Waals surface area contributed by atoms with Gasteiger partial charge in [-0.2, -0.15) is 0 Å². The van der Waals surface area contributed by atoms with Crippen molar-refractivity contribution in [2.45, 2.75) is 43.9 Å². The molecule has 1 aromatic rings. The molecule has 0 aliphatic carbocycles. The van der Waals surface area contributed by atoms with E-state index >= 15 is 0 Å². The molecule has 3 rings (SSSR count). The summed E-state index contributed by atoms with van der Waals surface area (Å²) in [6, 6.07) is 11.3. The Morgan fingerprint density at radius 3 is 2.74 bits per heavy atom. The van der Waals surface area contributed by atoms with Crippen molar-refractivity contribution in [3.8, 4) is 0 Å². The Balaban J connectivity index is 1.38. The largest absolute Gasteiger partial charge is 0.381 e. The zero-order valence-corrected chi connectivity index (χ0v) is 14.3. The first-order chi connectivity index (χ1) is 11.3. The van der Waals surface area contributed by atoms with E-state index in [1.54, 1.807) is 0 Å². The highest BCUT2D eigenvalue weighted by Gasteiger charge is 2.38. The van der Waals surface area contributed by atoms with Crippen LogP contribution in [0.1, 0.15) is 31.2 Å². The summed E-state index contributed by atoms with van der Waals surface area (Å²) in [5, 5.41) is 3.75. The van der Waals surface area contributed by atoms with Gasteiger partial charge >= 0.3 is 0 Å². The molecule has 2 heterocycles. The van der Waals surface area contributed by atoms with Crippen molar-refractivity contribution in [1.82, 2.24) is 10.2 Å². The van der Waals surface area contributed by atoms with Gasteiger partial charge in [-0.3, -0.25) is 0 Å². The van der Waals surface area contributed by atoms with Crippen LogP contribution in [0.15, 0.2) is 30.3 Å². The smallest absolute Gasteiger partial charge is 0.0741 e. The fourth-order valence-corrected chi connectivity index (χ4v) is 3.73. The summed E-state index contributed by atoms with van der Waals surface area (Å²) in [5.74, 6) is 0. The van der Waals surface area contributed by atoms with Crippen LogP contribution in [0.2, 0.25) is 0 Å². The lowest BCUT2D eigenvalue weighted by atomic mass is 9.84. The number of hydrogen-bond donors (Lipinski definition) is 1. The van der Waals surface area contributed by atoms with Crippen LogP contribution in [0.3, 0.4) is 0 Å². The van der Waals surface area contributed by atoms with E-state index in [0.29, 0.717) is 6.04 Å². The molecular formula is C19H30N2O2. The minimum Gasteiger partial charge on any atom is -0.381 e. The van der Waals surface area contributed by atoms with Crippen LogP contribution < -0.4 is 5.32 Å². The van der Waals surface area contributed by atoms with Crippen molar-refractivity contribution in [3.05, 3.63) is 35.9 Å². The number of nitrogens with zero attached hydrogens (tertiary/aromatic N) is 1. The number of nitrogens with one attached hydrogen (secondary N) is 1. The number of rotatable bonds is 6. The first-order valence-electron chi connectivity index (χ1n) is 8.93. The van der Waals surface area contributed by atoms with Gasteiger partial charge in [0.15, 0.2) is 0 Å². The average Bonchev–Trinajstić information content (AvgIpc) is 2.56. The molecule has 1 aromatic carbocycles. The van der Waals surface area contributed by atoms with Crippen LogP contribution in [0.4, 0.5) is 0 Å². The minimum absolute atomic E-state index is 0.0874. The van der Waals surface area contributed by atoms with E-state index in [9.17, 15) is 0 Å². The van der Waals surface area contributed by atoms with E-state index in [4.69, 9.17) is 9.47 Å². The summed E-state index contributed by atoms with van der Waals surface area (Å²) in [5.41, 5.74) is 1.46. The second kappa shape index (κ2) is 8.25. The zero-order chi connectivity index (χ0) is 16.0. The minimum atomic E-state index is 0.0874. The number of hydrogen-bond acceptors (Lipinski definition) is 4. The Bertz CT molecular complexity index is 454. The highest BCUT2D eigenvalue weighted by atomic mass is 16.5. The molecule has 1 unspecified atom stereocenters. The molecule has 4 heteroatoms. The second-order valence-electron chi connectivity index (χ2n) is 7.01. The summed E-state index contributed by atoms with van der Waals surface area (Å²) in [4.78, 5) is 2.38.